The van der Waals surface area contributed by atoms with Crippen LogP contribution in [0.15, 0.2) is 12.3 Å². The zero-order valence-corrected chi connectivity index (χ0v) is 9.12. The molecule has 16 heavy (non-hydrogen) atoms. The zero-order valence-electron chi connectivity index (χ0n) is 8.30. The Morgan fingerprint density at radius 3 is 2.44 bits per heavy atom. The molecule has 3 fully saturated rings. The average molecular weight is 242 g/mol. The van der Waals surface area contributed by atoms with Crippen LogP contribution in [0.5, 0.6) is 0 Å². The molecule has 3 saturated heterocycles. The summed E-state index contributed by atoms with van der Waals surface area (Å²) in [4.78, 5) is 32.5. The number of thioether (sulfide) groups is 1. The molecule has 0 aliphatic carbocycles. The van der Waals surface area contributed by atoms with Crippen molar-refractivity contribution in [1.29, 1.82) is 0 Å². The first kappa shape index (κ1) is 11.0. The lowest BCUT2D eigenvalue weighted by molar-refractivity contribution is -0.155. The first-order chi connectivity index (χ1) is 7.50. The largest absolute Gasteiger partial charge is 0.480 e. The van der Waals surface area contributed by atoms with Gasteiger partial charge in [0.25, 0.3) is 5.91 Å². The van der Waals surface area contributed by atoms with E-state index in [1.807, 2.05) is 0 Å². The van der Waals surface area contributed by atoms with Gasteiger partial charge >= 0.3 is 5.97 Å². The molecule has 3 rings (SSSR count). The second-order valence-electron chi connectivity index (χ2n) is 3.58. The van der Waals surface area contributed by atoms with Gasteiger partial charge in [0, 0.05) is 5.75 Å². The minimum Gasteiger partial charge on any atom is -0.480 e. The second-order valence-corrected chi connectivity index (χ2v) is 4.79. The molecular formula is C9H10N2O4S. The number of carboxylic acid groups (broad SMARTS) is 1. The number of hydrogen-bond acceptors (Lipinski definition) is 4. The molecule has 2 N–H and O–H groups in total. The molecule has 3 aliphatic rings. The summed E-state index contributed by atoms with van der Waals surface area (Å²) in [6.45, 7) is 3.29. The molecule has 6 nitrogen and oxygen atoms in total. The summed E-state index contributed by atoms with van der Waals surface area (Å²) in [6.07, 6.45) is 0.522. The van der Waals surface area contributed by atoms with E-state index in [2.05, 4.69) is 11.9 Å². The number of rotatable bonds is 1. The number of aliphatic carboxylic acids is 1. The molecule has 2 amide bonds. The molecule has 0 aromatic rings. The minimum absolute atomic E-state index is 0.0209. The predicted molar refractivity (Wildman–Crippen MR) is 56.4 cm³/mol. The molecule has 7 heteroatoms. The number of fused-ring (bicyclic) bond motifs is 1. The van der Waals surface area contributed by atoms with E-state index in [4.69, 9.17) is 5.11 Å². The standard InChI is InChI=1S/C6H7NO3S.C3H3NO/c8-4-1-5-7(4)3(2-11-5)6(9)10;1-2-3(5)4-2/h3,5H,1-2H2,(H,9,10);1H2,(H,4,5)/t3?,5-;/m1./s1. The van der Waals surface area contributed by atoms with Crippen LogP contribution in [0.25, 0.3) is 0 Å². The number of carbonyl (C=O) groups excluding carboxylic acids is 2. The highest BCUT2D eigenvalue weighted by molar-refractivity contribution is 8.00. The Morgan fingerprint density at radius 1 is 1.56 bits per heavy atom. The molecule has 2 atom stereocenters. The average Bonchev–Trinajstić information content (AvgIpc) is 2.73. The van der Waals surface area contributed by atoms with Gasteiger partial charge in [0.1, 0.15) is 6.04 Å². The van der Waals surface area contributed by atoms with Crippen molar-refractivity contribution in [3.63, 3.8) is 0 Å². The van der Waals surface area contributed by atoms with E-state index in [1.165, 1.54) is 4.90 Å². The molecule has 0 aromatic carbocycles. The third kappa shape index (κ3) is 1.90. The number of amides is 2. The Kier molecular flexibility index (Phi) is 2.63. The first-order valence-corrected chi connectivity index (χ1v) is 5.71. The smallest absolute Gasteiger partial charge is 0.327 e. The van der Waals surface area contributed by atoms with Gasteiger partial charge in [0.15, 0.2) is 0 Å². The van der Waals surface area contributed by atoms with Crippen LogP contribution in [0.4, 0.5) is 0 Å². The van der Waals surface area contributed by atoms with Crippen molar-refractivity contribution in [2.75, 3.05) is 5.75 Å². The number of β-lactam (4-membered cyclic amide) rings is 1. The van der Waals surface area contributed by atoms with Gasteiger partial charge in [-0.3, -0.25) is 9.59 Å². The fourth-order valence-electron chi connectivity index (χ4n) is 1.49. The lowest BCUT2D eigenvalue weighted by Crippen LogP contribution is -2.54. The molecule has 3 heterocycles. The van der Waals surface area contributed by atoms with Crippen molar-refractivity contribution < 1.29 is 19.5 Å². The van der Waals surface area contributed by atoms with Crippen LogP contribution in [0.3, 0.4) is 0 Å². The maximum atomic E-state index is 10.9. The molecule has 1 unspecified atom stereocenters. The van der Waals surface area contributed by atoms with Crippen molar-refractivity contribution in [3.05, 3.63) is 12.3 Å². The van der Waals surface area contributed by atoms with Crippen LogP contribution >= 0.6 is 11.8 Å². The highest BCUT2D eigenvalue weighted by Crippen LogP contribution is 2.39. The van der Waals surface area contributed by atoms with Gasteiger partial charge in [0.2, 0.25) is 5.91 Å². The van der Waals surface area contributed by atoms with Crippen LogP contribution in [-0.4, -0.2) is 45.0 Å². The monoisotopic (exact) mass is 242 g/mol. The molecule has 86 valence electrons. The molecule has 3 aliphatic heterocycles. The van der Waals surface area contributed by atoms with Gasteiger partial charge < -0.3 is 15.3 Å². The third-order valence-corrected chi connectivity index (χ3v) is 3.78. The Labute approximate surface area is 95.7 Å². The molecule has 0 bridgehead atoms. The Bertz CT molecular complexity index is 375. The van der Waals surface area contributed by atoms with E-state index in [0.717, 1.165) is 0 Å². The van der Waals surface area contributed by atoms with Crippen LogP contribution in [-0.2, 0) is 14.4 Å². The van der Waals surface area contributed by atoms with Gasteiger partial charge in [-0.05, 0) is 0 Å². The van der Waals surface area contributed by atoms with E-state index >= 15 is 0 Å². The summed E-state index contributed by atoms with van der Waals surface area (Å²) >= 11 is 1.56. The van der Waals surface area contributed by atoms with E-state index in [9.17, 15) is 14.4 Å². The SMILES string of the molecule is C=C1NC1=O.O=C(O)C1CS[C@@H]2CC(=O)N12. The molecule has 0 spiro atoms. The molecular weight excluding hydrogens is 232 g/mol. The maximum Gasteiger partial charge on any atom is 0.327 e. The summed E-state index contributed by atoms with van der Waals surface area (Å²) < 4.78 is 0. The maximum absolute atomic E-state index is 10.9. The van der Waals surface area contributed by atoms with Gasteiger partial charge in [-0.25, -0.2) is 4.79 Å². The number of nitrogens with zero attached hydrogens (tertiary/aromatic N) is 1. The topological polar surface area (TPSA) is 96.6 Å². The van der Waals surface area contributed by atoms with Gasteiger partial charge in [-0.1, -0.05) is 6.58 Å². The number of carboxylic acids is 1. The number of carbonyl (C=O) groups is 3. The lowest BCUT2D eigenvalue weighted by atomic mass is 10.1. The van der Waals surface area contributed by atoms with Crippen LogP contribution < -0.4 is 5.32 Å². The fourth-order valence-corrected chi connectivity index (χ4v) is 2.89. The number of hydrogen-bond donors (Lipinski definition) is 2. The van der Waals surface area contributed by atoms with Crippen molar-refractivity contribution in [1.82, 2.24) is 10.2 Å². The van der Waals surface area contributed by atoms with E-state index in [-0.39, 0.29) is 17.2 Å². The van der Waals surface area contributed by atoms with Crippen LogP contribution in [0.1, 0.15) is 6.42 Å². The summed E-state index contributed by atoms with van der Waals surface area (Å²) in [5.41, 5.74) is 0.532. The van der Waals surface area contributed by atoms with E-state index < -0.39 is 12.0 Å². The summed E-state index contributed by atoms with van der Waals surface area (Å²) in [7, 11) is 0. The van der Waals surface area contributed by atoms with E-state index in [1.54, 1.807) is 11.8 Å². The first-order valence-electron chi connectivity index (χ1n) is 4.66. The molecule has 0 saturated carbocycles. The Balaban J connectivity index is 0.000000162. The zero-order chi connectivity index (χ0) is 11.9. The second kappa shape index (κ2) is 3.82. The predicted octanol–water partition coefficient (Wildman–Crippen LogP) is -0.625. The summed E-state index contributed by atoms with van der Waals surface area (Å²) in [5.74, 6) is -0.378. The van der Waals surface area contributed by atoms with Crippen molar-refractivity contribution in [3.8, 4) is 0 Å². The van der Waals surface area contributed by atoms with Crippen LogP contribution in [0.2, 0.25) is 0 Å². The highest BCUT2D eigenvalue weighted by atomic mass is 32.2. The lowest BCUT2D eigenvalue weighted by Gasteiger charge is -2.35. The van der Waals surface area contributed by atoms with Gasteiger partial charge in [-0.2, -0.15) is 0 Å². The Hall–Kier alpha value is -1.50. The minimum atomic E-state index is -0.881. The van der Waals surface area contributed by atoms with Crippen LogP contribution in [0, 0.1) is 0 Å². The normalized spacial score (nSPS) is 29.8. The van der Waals surface area contributed by atoms with Crippen molar-refractivity contribution in [2.24, 2.45) is 0 Å². The third-order valence-electron chi connectivity index (χ3n) is 2.49. The Morgan fingerprint density at radius 2 is 2.12 bits per heavy atom. The van der Waals surface area contributed by atoms with Crippen molar-refractivity contribution in [2.45, 2.75) is 17.8 Å². The molecule has 0 radical (unpaired) electrons. The van der Waals surface area contributed by atoms with Gasteiger partial charge in [0.05, 0.1) is 17.5 Å². The van der Waals surface area contributed by atoms with Crippen molar-refractivity contribution >= 4 is 29.5 Å². The summed E-state index contributed by atoms with van der Waals surface area (Å²) in [5, 5.41) is 11.2. The number of nitrogens with one attached hydrogen (secondary N) is 1. The highest BCUT2D eigenvalue weighted by Gasteiger charge is 2.49. The van der Waals surface area contributed by atoms with E-state index in [0.29, 0.717) is 17.9 Å². The van der Waals surface area contributed by atoms with Gasteiger partial charge in [-0.15, -0.1) is 11.8 Å². The fraction of sp³-hybridized carbons (Fsp3) is 0.444. The summed E-state index contributed by atoms with van der Waals surface area (Å²) in [6, 6.07) is -0.564. The molecule has 0 aromatic heterocycles. The quantitative estimate of drug-likeness (QED) is 0.363.